The molecule has 6 nitrogen and oxygen atoms in total. The molecule has 0 saturated heterocycles. The van der Waals surface area contributed by atoms with E-state index in [1.54, 1.807) is 12.1 Å². The van der Waals surface area contributed by atoms with E-state index < -0.39 is 26.9 Å². The summed E-state index contributed by atoms with van der Waals surface area (Å²) >= 11 is 0. The van der Waals surface area contributed by atoms with Gasteiger partial charge in [-0.05, 0) is 37.0 Å². The van der Waals surface area contributed by atoms with Crippen LogP contribution >= 0.6 is 12.4 Å². The number of hydrogen-bond acceptors (Lipinski definition) is 6. The van der Waals surface area contributed by atoms with Gasteiger partial charge in [0, 0.05) is 5.56 Å². The summed E-state index contributed by atoms with van der Waals surface area (Å²) in [6, 6.07) is 6.00. The van der Waals surface area contributed by atoms with Gasteiger partial charge in [0.2, 0.25) is 9.84 Å². The zero-order valence-corrected chi connectivity index (χ0v) is 14.1. The second kappa shape index (κ2) is 6.73. The lowest BCUT2D eigenvalue weighted by atomic mass is 9.77. The second-order valence-electron chi connectivity index (χ2n) is 5.70. The van der Waals surface area contributed by atoms with Gasteiger partial charge >= 0.3 is 5.76 Å². The number of halogens is 3. The molecule has 0 bridgehead atoms. The van der Waals surface area contributed by atoms with Crippen molar-refractivity contribution >= 4 is 22.2 Å². The molecule has 0 unspecified atom stereocenters. The quantitative estimate of drug-likeness (QED) is 0.857. The van der Waals surface area contributed by atoms with Crippen LogP contribution in [0, 0.1) is 0 Å². The van der Waals surface area contributed by atoms with Gasteiger partial charge in [0.05, 0.1) is 11.3 Å². The van der Waals surface area contributed by atoms with Crippen molar-refractivity contribution in [1.82, 2.24) is 10.1 Å². The summed E-state index contributed by atoms with van der Waals surface area (Å²) in [7, 11) is -4.44. The Kier molecular flexibility index (Phi) is 5.26. The highest BCUT2D eigenvalue weighted by Crippen LogP contribution is 2.37. The van der Waals surface area contributed by atoms with Gasteiger partial charge in [0.1, 0.15) is 0 Å². The molecule has 0 atom stereocenters. The number of hydrogen-bond donors (Lipinski definition) is 1. The molecule has 1 heterocycles. The van der Waals surface area contributed by atoms with Crippen molar-refractivity contribution in [3.63, 3.8) is 0 Å². The van der Waals surface area contributed by atoms with Crippen molar-refractivity contribution in [3.05, 3.63) is 35.7 Å². The molecule has 132 valence electrons. The predicted molar refractivity (Wildman–Crippen MR) is 85.3 cm³/mol. The first-order valence-electron chi connectivity index (χ1n) is 7.02. The van der Waals surface area contributed by atoms with E-state index in [2.05, 4.69) is 10.1 Å². The Morgan fingerprint density at radius 2 is 1.88 bits per heavy atom. The van der Waals surface area contributed by atoms with E-state index in [0.29, 0.717) is 11.4 Å². The Hall–Kier alpha value is -1.58. The predicted octanol–water partition coefficient (Wildman–Crippen LogP) is 2.63. The number of benzene rings is 1. The number of nitrogens with zero attached hydrogens (tertiary/aromatic N) is 2. The molecule has 1 aliphatic rings. The van der Waals surface area contributed by atoms with Crippen LogP contribution in [-0.2, 0) is 21.1 Å². The third-order valence-corrected chi connectivity index (χ3v) is 5.24. The van der Waals surface area contributed by atoms with Crippen LogP contribution in [0.2, 0.25) is 0 Å². The highest BCUT2D eigenvalue weighted by molar-refractivity contribution is 7.90. The SMILES string of the molecule is Cl.NC1(c2noc(-c3ccc(CS(=O)(=O)C(F)F)cc3)n2)CCC1. The third-order valence-electron chi connectivity index (χ3n) is 3.96. The minimum atomic E-state index is -4.44. The molecule has 10 heteroatoms. The number of sulfone groups is 1. The van der Waals surface area contributed by atoms with Gasteiger partial charge < -0.3 is 10.3 Å². The Labute approximate surface area is 143 Å². The smallest absolute Gasteiger partial charge is 0.334 e. The highest BCUT2D eigenvalue weighted by atomic mass is 35.5. The van der Waals surface area contributed by atoms with E-state index in [0.717, 1.165) is 19.3 Å². The van der Waals surface area contributed by atoms with Crippen LogP contribution in [0.3, 0.4) is 0 Å². The molecule has 0 aliphatic heterocycles. The van der Waals surface area contributed by atoms with Crippen molar-refractivity contribution in [2.75, 3.05) is 0 Å². The molecule has 3 rings (SSSR count). The van der Waals surface area contributed by atoms with Crippen molar-refractivity contribution in [2.24, 2.45) is 5.73 Å². The maximum atomic E-state index is 12.4. The molecule has 1 aliphatic carbocycles. The lowest BCUT2D eigenvalue weighted by molar-refractivity contribution is 0.229. The number of alkyl halides is 2. The highest BCUT2D eigenvalue weighted by Gasteiger charge is 2.39. The van der Waals surface area contributed by atoms with E-state index in [-0.39, 0.29) is 23.9 Å². The monoisotopic (exact) mass is 379 g/mol. The van der Waals surface area contributed by atoms with Gasteiger partial charge in [-0.1, -0.05) is 17.3 Å². The molecule has 2 aromatic rings. The van der Waals surface area contributed by atoms with Crippen molar-refractivity contribution in [1.29, 1.82) is 0 Å². The summed E-state index contributed by atoms with van der Waals surface area (Å²) in [5.41, 5.74) is 6.42. The summed E-state index contributed by atoms with van der Waals surface area (Å²) in [6.07, 6.45) is 2.63. The number of aromatic nitrogens is 2. The normalized spacial score (nSPS) is 16.5. The standard InChI is InChI=1S/C14H15F2N3O3S.ClH/c15-13(16)23(20,21)8-9-2-4-10(5-3-9)11-18-12(19-22-11)14(17)6-1-7-14;/h2-5,13H,1,6-8,17H2;1H. The largest absolute Gasteiger partial charge is 0.337 e. The van der Waals surface area contributed by atoms with Crippen molar-refractivity contribution < 1.29 is 21.7 Å². The minimum absolute atomic E-state index is 0. The Morgan fingerprint density at radius 1 is 1.25 bits per heavy atom. The van der Waals surface area contributed by atoms with E-state index in [1.165, 1.54) is 12.1 Å². The summed E-state index contributed by atoms with van der Waals surface area (Å²) in [5, 5.41) is 3.89. The van der Waals surface area contributed by atoms with E-state index in [1.807, 2.05) is 0 Å². The second-order valence-corrected chi connectivity index (χ2v) is 7.67. The lowest BCUT2D eigenvalue weighted by Gasteiger charge is -2.34. The topological polar surface area (TPSA) is 99.1 Å². The fourth-order valence-corrected chi connectivity index (χ4v) is 3.15. The molecule has 0 amide bonds. The van der Waals surface area contributed by atoms with Gasteiger partial charge in [0.15, 0.2) is 5.82 Å². The van der Waals surface area contributed by atoms with Crippen LogP contribution in [-0.4, -0.2) is 24.3 Å². The molecular weight excluding hydrogens is 364 g/mol. The minimum Gasteiger partial charge on any atom is -0.334 e. The van der Waals surface area contributed by atoms with Gasteiger partial charge in [0.25, 0.3) is 5.89 Å². The molecule has 1 aromatic heterocycles. The van der Waals surface area contributed by atoms with Crippen LogP contribution in [0.25, 0.3) is 11.5 Å². The van der Waals surface area contributed by atoms with E-state index in [9.17, 15) is 17.2 Å². The fraction of sp³-hybridized carbons (Fsp3) is 0.429. The Morgan fingerprint density at radius 3 is 2.38 bits per heavy atom. The number of rotatable bonds is 5. The zero-order chi connectivity index (χ0) is 16.7. The summed E-state index contributed by atoms with van der Waals surface area (Å²) < 4.78 is 52.3. The third kappa shape index (κ3) is 3.57. The molecule has 0 radical (unpaired) electrons. The molecule has 24 heavy (non-hydrogen) atoms. The van der Waals surface area contributed by atoms with Gasteiger partial charge in [-0.25, -0.2) is 8.42 Å². The van der Waals surface area contributed by atoms with Crippen LogP contribution < -0.4 is 5.73 Å². The van der Waals surface area contributed by atoms with Crippen LogP contribution in [0.1, 0.15) is 30.7 Å². The average Bonchev–Trinajstić information content (AvgIpc) is 2.95. The molecular formula is C14H16ClF2N3O3S. The van der Waals surface area contributed by atoms with Gasteiger partial charge in [-0.2, -0.15) is 13.8 Å². The Bertz CT molecular complexity index is 805. The molecule has 0 spiro atoms. The molecule has 1 fully saturated rings. The van der Waals surface area contributed by atoms with Gasteiger partial charge in [-0.15, -0.1) is 12.4 Å². The van der Waals surface area contributed by atoms with E-state index >= 15 is 0 Å². The van der Waals surface area contributed by atoms with Crippen LogP contribution in [0.15, 0.2) is 28.8 Å². The first kappa shape index (κ1) is 18.8. The average molecular weight is 380 g/mol. The maximum Gasteiger partial charge on any atom is 0.337 e. The maximum absolute atomic E-state index is 12.4. The Balaban J connectivity index is 0.00000208. The van der Waals surface area contributed by atoms with Crippen LogP contribution in [0.5, 0.6) is 0 Å². The lowest BCUT2D eigenvalue weighted by Crippen LogP contribution is -2.44. The first-order valence-corrected chi connectivity index (χ1v) is 8.74. The molecule has 1 aromatic carbocycles. The van der Waals surface area contributed by atoms with Crippen molar-refractivity contribution in [3.8, 4) is 11.5 Å². The van der Waals surface area contributed by atoms with Crippen LogP contribution in [0.4, 0.5) is 8.78 Å². The summed E-state index contributed by atoms with van der Waals surface area (Å²) in [5.74, 6) is -3.39. The fourth-order valence-electron chi connectivity index (χ4n) is 2.36. The zero-order valence-electron chi connectivity index (χ0n) is 12.5. The number of nitrogens with two attached hydrogens (primary N) is 1. The molecule has 1 saturated carbocycles. The summed E-state index contributed by atoms with van der Waals surface area (Å²) in [4.78, 5) is 4.27. The van der Waals surface area contributed by atoms with Crippen molar-refractivity contribution in [2.45, 2.75) is 36.3 Å². The first-order chi connectivity index (χ1) is 10.8. The van der Waals surface area contributed by atoms with Gasteiger partial charge in [-0.3, -0.25) is 0 Å². The van der Waals surface area contributed by atoms with E-state index in [4.69, 9.17) is 10.3 Å². The summed E-state index contributed by atoms with van der Waals surface area (Å²) in [6.45, 7) is 0. The molecule has 2 N–H and O–H groups in total.